The summed E-state index contributed by atoms with van der Waals surface area (Å²) in [6, 6.07) is 54.8. The van der Waals surface area contributed by atoms with E-state index < -0.39 is 0 Å². The second-order valence-corrected chi connectivity index (χ2v) is 16.4. The molecule has 0 aliphatic carbocycles. The van der Waals surface area contributed by atoms with Crippen molar-refractivity contribution in [3.63, 3.8) is 0 Å². The average Bonchev–Trinajstić information content (AvgIpc) is 3.85. The lowest BCUT2D eigenvalue weighted by molar-refractivity contribution is 1.01. The van der Waals surface area contributed by atoms with Crippen molar-refractivity contribution in [1.29, 1.82) is 0 Å². The van der Waals surface area contributed by atoms with E-state index in [2.05, 4.69) is 169 Å². The number of aromatic nitrogens is 1. The molecule has 1 aliphatic rings. The maximum Gasteiger partial charge on any atom is 0.0501 e. The van der Waals surface area contributed by atoms with Crippen LogP contribution in [0.2, 0.25) is 0 Å². The molecule has 0 fully saturated rings. The van der Waals surface area contributed by atoms with Crippen LogP contribution >= 0.6 is 22.7 Å². The van der Waals surface area contributed by atoms with Crippen LogP contribution in [0.5, 0.6) is 0 Å². The molecule has 0 atom stereocenters. The quantitative estimate of drug-likeness (QED) is 0.174. The molecule has 3 aromatic heterocycles. The van der Waals surface area contributed by atoms with Crippen LogP contribution in [0.25, 0.3) is 106 Å². The second kappa shape index (κ2) is 10.3. The van der Waals surface area contributed by atoms with Crippen LogP contribution in [0.1, 0.15) is 0 Å². The molecular formula is C48H30N2S2. The molecule has 0 bridgehead atoms. The van der Waals surface area contributed by atoms with Crippen LogP contribution in [0.15, 0.2) is 146 Å². The molecule has 0 amide bonds. The summed E-state index contributed by atoms with van der Waals surface area (Å²) in [5, 5.41) is 10.6. The van der Waals surface area contributed by atoms with Crippen molar-refractivity contribution in [2.45, 2.75) is 0 Å². The minimum absolute atomic E-state index is 1.24. The fourth-order valence-corrected chi connectivity index (χ4v) is 11.2. The third-order valence-electron chi connectivity index (χ3n) is 11.5. The van der Waals surface area contributed by atoms with E-state index in [4.69, 9.17) is 0 Å². The van der Waals surface area contributed by atoms with Gasteiger partial charge in [-0.15, -0.1) is 22.7 Å². The van der Waals surface area contributed by atoms with Gasteiger partial charge in [-0.2, -0.15) is 0 Å². The fraction of sp³-hybridized carbons (Fsp3) is 0.0417. The zero-order valence-corrected chi connectivity index (χ0v) is 30.2. The fourth-order valence-electron chi connectivity index (χ4n) is 8.98. The van der Waals surface area contributed by atoms with Crippen molar-refractivity contribution >= 4 is 107 Å². The Kier molecular flexibility index (Phi) is 5.70. The Bertz CT molecular complexity index is 3340. The van der Waals surface area contributed by atoms with Gasteiger partial charge in [-0.25, -0.2) is 0 Å². The number of rotatable bonds is 2. The molecule has 244 valence electrons. The molecule has 0 saturated heterocycles. The second-order valence-electron chi connectivity index (χ2n) is 14.2. The Hall–Kier alpha value is -5.94. The Morgan fingerprint density at radius 3 is 1.65 bits per heavy atom. The minimum Gasteiger partial charge on any atom is -0.344 e. The molecule has 52 heavy (non-hydrogen) atoms. The summed E-state index contributed by atoms with van der Waals surface area (Å²) in [6.07, 6.45) is 0. The molecule has 0 N–H and O–H groups in total. The van der Waals surface area contributed by atoms with E-state index in [-0.39, 0.29) is 0 Å². The Morgan fingerprint density at radius 1 is 0.365 bits per heavy atom. The van der Waals surface area contributed by atoms with Crippen LogP contribution in [0, 0.1) is 0 Å². The largest absolute Gasteiger partial charge is 0.344 e. The van der Waals surface area contributed by atoms with Crippen molar-refractivity contribution < 1.29 is 0 Å². The number of thiophene rings is 2. The molecule has 2 nitrogen and oxygen atoms in total. The Balaban J connectivity index is 1.03. The monoisotopic (exact) mass is 698 g/mol. The average molecular weight is 699 g/mol. The van der Waals surface area contributed by atoms with Crippen LogP contribution in [-0.2, 0) is 7.05 Å². The first-order chi connectivity index (χ1) is 25.6. The van der Waals surface area contributed by atoms with E-state index in [9.17, 15) is 0 Å². The van der Waals surface area contributed by atoms with Crippen LogP contribution in [-0.4, -0.2) is 11.6 Å². The number of benzene rings is 8. The summed E-state index contributed by atoms with van der Waals surface area (Å²) in [5.41, 5.74) is 12.6. The van der Waals surface area contributed by atoms with Gasteiger partial charge in [0.15, 0.2) is 0 Å². The van der Waals surface area contributed by atoms with Gasteiger partial charge in [0.1, 0.15) is 0 Å². The van der Waals surface area contributed by atoms with Gasteiger partial charge in [0.2, 0.25) is 0 Å². The third-order valence-corrected chi connectivity index (χ3v) is 13.8. The number of hydrogen-bond acceptors (Lipinski definition) is 3. The van der Waals surface area contributed by atoms with Crippen LogP contribution in [0.4, 0.5) is 11.4 Å². The first-order valence-electron chi connectivity index (χ1n) is 17.8. The highest BCUT2D eigenvalue weighted by molar-refractivity contribution is 7.26. The first-order valence-corrected chi connectivity index (χ1v) is 19.4. The van der Waals surface area contributed by atoms with E-state index in [1.54, 1.807) is 0 Å². The SMILES string of the molecule is CN1c2cc(-c3ccc4sc5ccccc5c4c3)ccc2-c2cc3c(c4cccc1c24)c1ccc(-c2ccc4sc5ccccc5c4c2)cc1n3C. The van der Waals surface area contributed by atoms with Crippen molar-refractivity contribution in [3.8, 4) is 33.4 Å². The number of aryl methyl sites for hydroxylation is 1. The summed E-state index contributed by atoms with van der Waals surface area (Å²) >= 11 is 3.74. The lowest BCUT2D eigenvalue weighted by Gasteiger charge is -2.31. The van der Waals surface area contributed by atoms with E-state index >= 15 is 0 Å². The van der Waals surface area contributed by atoms with Gasteiger partial charge in [-0.05, 0) is 93.9 Å². The topological polar surface area (TPSA) is 8.17 Å². The van der Waals surface area contributed by atoms with Crippen molar-refractivity contribution in [2.24, 2.45) is 7.05 Å². The molecule has 0 unspecified atom stereocenters. The van der Waals surface area contributed by atoms with Crippen molar-refractivity contribution in [1.82, 2.24) is 4.57 Å². The molecule has 4 heterocycles. The van der Waals surface area contributed by atoms with E-state index in [0.29, 0.717) is 0 Å². The number of fused-ring (bicyclic) bond motifs is 12. The van der Waals surface area contributed by atoms with Crippen LogP contribution in [0.3, 0.4) is 0 Å². The van der Waals surface area contributed by atoms with Crippen molar-refractivity contribution in [3.05, 3.63) is 146 Å². The molecule has 8 aromatic carbocycles. The maximum atomic E-state index is 2.44. The molecule has 0 radical (unpaired) electrons. The van der Waals surface area contributed by atoms with E-state index in [1.165, 1.54) is 118 Å². The molecule has 4 heteroatoms. The number of anilines is 2. The Labute approximate surface area is 308 Å². The molecule has 11 aromatic rings. The first kappa shape index (κ1) is 28.7. The van der Waals surface area contributed by atoms with E-state index in [1.807, 2.05) is 22.7 Å². The highest BCUT2D eigenvalue weighted by atomic mass is 32.1. The summed E-state index contributed by atoms with van der Waals surface area (Å²) in [6.45, 7) is 0. The smallest absolute Gasteiger partial charge is 0.0501 e. The van der Waals surface area contributed by atoms with Gasteiger partial charge < -0.3 is 9.47 Å². The zero-order chi connectivity index (χ0) is 34.2. The van der Waals surface area contributed by atoms with Gasteiger partial charge in [0, 0.05) is 93.1 Å². The molecule has 12 rings (SSSR count). The van der Waals surface area contributed by atoms with Gasteiger partial charge in [-0.3, -0.25) is 0 Å². The standard InChI is InChI=1S/C48H30N2S2/c1-49-39-11-7-10-35-47-34-19-15-30(28-17-21-46-37(23-28)33-9-4-6-13-44(33)52-46)25-41(34)50(2)42(47)26-38(48(35)39)31-18-14-29(24-40(31)49)27-16-20-45-36(22-27)32-8-3-5-12-43(32)51-45/h3-26H,1-2H3. The maximum absolute atomic E-state index is 2.44. The predicted octanol–water partition coefficient (Wildman–Crippen LogP) is 14.3. The van der Waals surface area contributed by atoms with E-state index in [0.717, 1.165) is 0 Å². The molecule has 0 spiro atoms. The zero-order valence-electron chi connectivity index (χ0n) is 28.6. The summed E-state index contributed by atoms with van der Waals surface area (Å²) in [4.78, 5) is 2.39. The number of hydrogen-bond donors (Lipinski definition) is 0. The third kappa shape index (κ3) is 3.83. The lowest BCUT2D eigenvalue weighted by atomic mass is 9.88. The Morgan fingerprint density at radius 2 is 0.942 bits per heavy atom. The van der Waals surface area contributed by atoms with Gasteiger partial charge in [-0.1, -0.05) is 84.9 Å². The number of nitrogens with zero attached hydrogens (tertiary/aromatic N) is 2. The molecule has 1 aliphatic heterocycles. The lowest BCUT2D eigenvalue weighted by Crippen LogP contribution is -2.15. The van der Waals surface area contributed by atoms with Gasteiger partial charge in [0.05, 0.1) is 5.52 Å². The van der Waals surface area contributed by atoms with Crippen LogP contribution < -0.4 is 4.90 Å². The normalized spacial score (nSPS) is 12.8. The van der Waals surface area contributed by atoms with Crippen molar-refractivity contribution in [2.75, 3.05) is 11.9 Å². The molecular weight excluding hydrogens is 669 g/mol. The highest BCUT2D eigenvalue weighted by Crippen LogP contribution is 2.51. The van der Waals surface area contributed by atoms with Gasteiger partial charge >= 0.3 is 0 Å². The summed E-state index contributed by atoms with van der Waals surface area (Å²) < 4.78 is 7.76. The van der Waals surface area contributed by atoms with Gasteiger partial charge in [0.25, 0.3) is 0 Å². The summed E-state index contributed by atoms with van der Waals surface area (Å²) in [7, 11) is 4.46. The summed E-state index contributed by atoms with van der Waals surface area (Å²) in [5.74, 6) is 0. The minimum atomic E-state index is 1.24. The molecule has 0 saturated carbocycles. The highest BCUT2D eigenvalue weighted by Gasteiger charge is 2.26. The predicted molar refractivity (Wildman–Crippen MR) is 228 cm³/mol.